The Kier molecular flexibility index (Phi) is 2.06. The number of hydrogen-bond acceptors (Lipinski definition) is 1. The van der Waals surface area contributed by atoms with E-state index in [1.807, 2.05) is 13.8 Å². The molecule has 11 heavy (non-hydrogen) atoms. The van der Waals surface area contributed by atoms with Crippen LogP contribution in [0.4, 0.5) is 0 Å². The zero-order valence-electron chi connectivity index (χ0n) is 6.74. The van der Waals surface area contributed by atoms with Gasteiger partial charge < -0.3 is 0 Å². The van der Waals surface area contributed by atoms with Gasteiger partial charge >= 0.3 is 0 Å². The van der Waals surface area contributed by atoms with Gasteiger partial charge in [0.05, 0.1) is 0 Å². The molecule has 0 aromatic carbocycles. The lowest BCUT2D eigenvalue weighted by Gasteiger charge is -2.21. The highest BCUT2D eigenvalue weighted by molar-refractivity contribution is 6.42. The second kappa shape index (κ2) is 2.49. The molecule has 0 bridgehead atoms. The Balaban J connectivity index is 3.16. The van der Waals surface area contributed by atoms with Crippen LogP contribution in [0, 0.1) is 5.41 Å². The second-order valence-electron chi connectivity index (χ2n) is 3.39. The van der Waals surface area contributed by atoms with Crippen molar-refractivity contribution in [2.24, 2.45) is 5.41 Å². The summed E-state index contributed by atoms with van der Waals surface area (Å²) in [7, 11) is 0. The molecule has 0 amide bonds. The van der Waals surface area contributed by atoms with Gasteiger partial charge in [-0.2, -0.15) is 0 Å². The minimum atomic E-state index is -0.491. The molecule has 1 nitrogen and oxygen atoms in total. The van der Waals surface area contributed by atoms with Gasteiger partial charge in [0, 0.05) is 16.0 Å². The van der Waals surface area contributed by atoms with Gasteiger partial charge in [0.15, 0.2) is 5.78 Å². The van der Waals surface area contributed by atoms with Crippen LogP contribution in [0.15, 0.2) is 10.6 Å². The van der Waals surface area contributed by atoms with Crippen LogP contribution in [0.5, 0.6) is 0 Å². The fourth-order valence-electron chi connectivity index (χ4n) is 1.22. The fourth-order valence-corrected chi connectivity index (χ4v) is 1.75. The van der Waals surface area contributed by atoms with Crippen LogP contribution in [0.2, 0.25) is 0 Å². The molecule has 1 aliphatic rings. The smallest absolute Gasteiger partial charge is 0.178 e. The zero-order chi connectivity index (χ0) is 8.81. The summed E-state index contributed by atoms with van der Waals surface area (Å²) in [4.78, 5) is 11.3. The quantitative estimate of drug-likeness (QED) is 0.540. The lowest BCUT2D eigenvalue weighted by molar-refractivity contribution is -0.115. The van der Waals surface area contributed by atoms with E-state index in [0.717, 1.165) is 0 Å². The number of ketones is 1. The molecule has 0 spiro atoms. The number of allylic oxidation sites excluding steroid dienone is 2. The molecule has 0 saturated carbocycles. The molecule has 0 N–H and O–H groups in total. The SMILES string of the molecule is CC1=C(Cl)C(C)(C)C(Cl)C1=O. The third kappa shape index (κ3) is 1.11. The van der Waals surface area contributed by atoms with Crippen LogP contribution in [0.3, 0.4) is 0 Å². The van der Waals surface area contributed by atoms with Gasteiger partial charge in [-0.1, -0.05) is 25.4 Å². The van der Waals surface area contributed by atoms with Crippen molar-refractivity contribution in [1.82, 2.24) is 0 Å². The first-order chi connectivity index (χ1) is 4.89. The first kappa shape index (κ1) is 9.08. The summed E-state index contributed by atoms with van der Waals surface area (Å²) in [6.45, 7) is 5.47. The monoisotopic (exact) mass is 192 g/mol. The summed E-state index contributed by atoms with van der Waals surface area (Å²) >= 11 is 11.8. The summed E-state index contributed by atoms with van der Waals surface area (Å²) in [5.41, 5.74) is 0.223. The van der Waals surface area contributed by atoms with Gasteiger partial charge in [-0.15, -0.1) is 11.6 Å². The number of carbonyl (C=O) groups is 1. The number of carbonyl (C=O) groups excluding carboxylic acids is 1. The number of hydrogen-bond donors (Lipinski definition) is 0. The Morgan fingerprint density at radius 1 is 1.45 bits per heavy atom. The second-order valence-corrected chi connectivity index (χ2v) is 4.20. The molecule has 0 aliphatic heterocycles. The maximum absolute atomic E-state index is 11.3. The van der Waals surface area contributed by atoms with Crippen molar-refractivity contribution in [2.45, 2.75) is 26.1 Å². The predicted octanol–water partition coefficient (Wildman–Crippen LogP) is 2.72. The highest BCUT2D eigenvalue weighted by atomic mass is 35.5. The normalized spacial score (nSPS) is 29.9. The van der Waals surface area contributed by atoms with Gasteiger partial charge in [0.25, 0.3) is 0 Å². The molecule has 1 rings (SSSR count). The molecule has 62 valence electrons. The molecule has 1 atom stereocenters. The van der Waals surface area contributed by atoms with E-state index in [1.165, 1.54) is 0 Å². The molecule has 0 fully saturated rings. The molecule has 1 unspecified atom stereocenters. The summed E-state index contributed by atoms with van der Waals surface area (Å²) in [5, 5.41) is 0.109. The fraction of sp³-hybridized carbons (Fsp3) is 0.625. The maximum Gasteiger partial charge on any atom is 0.178 e. The third-order valence-electron chi connectivity index (χ3n) is 2.13. The van der Waals surface area contributed by atoms with Crippen LogP contribution in [-0.4, -0.2) is 11.2 Å². The number of alkyl halides is 1. The minimum absolute atomic E-state index is 0.0401. The van der Waals surface area contributed by atoms with Crippen molar-refractivity contribution in [2.75, 3.05) is 0 Å². The summed E-state index contributed by atoms with van der Waals surface area (Å²) in [6, 6.07) is 0. The van der Waals surface area contributed by atoms with Crippen molar-refractivity contribution in [1.29, 1.82) is 0 Å². The van der Waals surface area contributed by atoms with Crippen molar-refractivity contribution >= 4 is 29.0 Å². The Morgan fingerprint density at radius 2 is 1.91 bits per heavy atom. The number of rotatable bonds is 0. The topological polar surface area (TPSA) is 17.1 Å². The standard InChI is InChI=1S/C8H10Cl2O/c1-4-5(11)7(10)8(2,3)6(4)9/h7H,1-3H3. The Morgan fingerprint density at radius 3 is 2.00 bits per heavy atom. The summed E-state index contributed by atoms with van der Waals surface area (Å²) in [6.07, 6.45) is 0. The van der Waals surface area contributed by atoms with E-state index in [9.17, 15) is 4.79 Å². The number of halogens is 2. The number of Topliss-reactive ketones (excluding diaryl/α,β-unsaturated/α-hetero) is 1. The van der Waals surface area contributed by atoms with Crippen molar-refractivity contribution in [3.05, 3.63) is 10.6 Å². The molecule has 0 aromatic rings. The first-order valence-electron chi connectivity index (χ1n) is 3.44. The van der Waals surface area contributed by atoms with Crippen LogP contribution in [-0.2, 0) is 4.79 Å². The van der Waals surface area contributed by atoms with E-state index in [1.54, 1.807) is 6.92 Å². The van der Waals surface area contributed by atoms with E-state index in [-0.39, 0.29) is 11.2 Å². The van der Waals surface area contributed by atoms with E-state index in [4.69, 9.17) is 23.2 Å². The molecule has 0 saturated heterocycles. The van der Waals surface area contributed by atoms with Crippen LogP contribution in [0.1, 0.15) is 20.8 Å². The van der Waals surface area contributed by atoms with Crippen LogP contribution < -0.4 is 0 Å². The lowest BCUT2D eigenvalue weighted by atomic mass is 9.92. The highest BCUT2D eigenvalue weighted by Crippen LogP contribution is 2.45. The lowest BCUT2D eigenvalue weighted by Crippen LogP contribution is -2.25. The van der Waals surface area contributed by atoms with Crippen LogP contribution >= 0.6 is 23.2 Å². The van der Waals surface area contributed by atoms with E-state index in [0.29, 0.717) is 10.6 Å². The molecule has 3 heteroatoms. The van der Waals surface area contributed by atoms with Crippen molar-refractivity contribution in [3.63, 3.8) is 0 Å². The van der Waals surface area contributed by atoms with Gasteiger partial charge in [0.1, 0.15) is 5.38 Å². The Bertz CT molecular complexity index is 240. The third-order valence-corrected chi connectivity index (χ3v) is 3.64. The average molecular weight is 193 g/mol. The van der Waals surface area contributed by atoms with Crippen molar-refractivity contribution in [3.8, 4) is 0 Å². The molecular formula is C8H10Cl2O. The van der Waals surface area contributed by atoms with E-state index < -0.39 is 5.38 Å². The minimum Gasteiger partial charge on any atom is -0.293 e. The molecule has 0 heterocycles. The molecular weight excluding hydrogens is 183 g/mol. The van der Waals surface area contributed by atoms with Crippen LogP contribution in [0.25, 0.3) is 0 Å². The molecule has 0 radical (unpaired) electrons. The molecule has 0 aromatic heterocycles. The van der Waals surface area contributed by atoms with E-state index in [2.05, 4.69) is 0 Å². The van der Waals surface area contributed by atoms with Gasteiger partial charge in [-0.3, -0.25) is 4.79 Å². The Labute approximate surface area is 76.4 Å². The largest absolute Gasteiger partial charge is 0.293 e. The predicted molar refractivity (Wildman–Crippen MR) is 47.0 cm³/mol. The van der Waals surface area contributed by atoms with Gasteiger partial charge in [-0.25, -0.2) is 0 Å². The zero-order valence-corrected chi connectivity index (χ0v) is 8.25. The first-order valence-corrected chi connectivity index (χ1v) is 4.25. The highest BCUT2D eigenvalue weighted by Gasteiger charge is 2.44. The Hall–Kier alpha value is -0.0100. The maximum atomic E-state index is 11.3. The summed E-state index contributed by atoms with van der Waals surface area (Å²) < 4.78 is 0. The van der Waals surface area contributed by atoms with Gasteiger partial charge in [0.2, 0.25) is 0 Å². The van der Waals surface area contributed by atoms with Gasteiger partial charge in [-0.05, 0) is 6.92 Å². The molecule has 1 aliphatic carbocycles. The van der Waals surface area contributed by atoms with E-state index >= 15 is 0 Å². The van der Waals surface area contributed by atoms with Crippen molar-refractivity contribution < 1.29 is 4.79 Å². The average Bonchev–Trinajstić information content (AvgIpc) is 2.06. The summed E-state index contributed by atoms with van der Waals surface area (Å²) in [5.74, 6) is -0.0401.